The topological polar surface area (TPSA) is 112 Å². The number of piperidine rings is 1. The molecule has 0 saturated carbocycles. The second kappa shape index (κ2) is 8.55. The molecule has 1 fully saturated rings. The summed E-state index contributed by atoms with van der Waals surface area (Å²) in [5.41, 5.74) is 0.434. The van der Waals surface area contributed by atoms with Crippen LogP contribution in [0.5, 0.6) is 0 Å². The summed E-state index contributed by atoms with van der Waals surface area (Å²) in [5, 5.41) is 11.8. The first-order valence-electron chi connectivity index (χ1n) is 8.81. The van der Waals surface area contributed by atoms with Gasteiger partial charge in [0.05, 0.1) is 5.92 Å². The van der Waals surface area contributed by atoms with Gasteiger partial charge < -0.3 is 15.3 Å². The molecule has 28 heavy (non-hydrogen) atoms. The standard InChI is InChI=1S/C19H19FN4O4/c20-14-5-3-12(4-6-14)10-23-17(25)15-16(22-8-7-21-15)18(26)24-9-1-2-13(11-24)19(27)28/h3-8,13H,1-2,9-11H2,(H,23,25)(H,27,28). The lowest BCUT2D eigenvalue weighted by Crippen LogP contribution is -2.43. The number of carbonyl (C=O) groups is 3. The van der Waals surface area contributed by atoms with Crippen molar-refractivity contribution in [2.45, 2.75) is 19.4 Å². The van der Waals surface area contributed by atoms with Gasteiger partial charge in [0, 0.05) is 32.0 Å². The van der Waals surface area contributed by atoms with Crippen LogP contribution in [-0.2, 0) is 11.3 Å². The fourth-order valence-electron chi connectivity index (χ4n) is 3.04. The summed E-state index contributed by atoms with van der Waals surface area (Å²) in [6.45, 7) is 0.603. The lowest BCUT2D eigenvalue weighted by Gasteiger charge is -2.30. The molecule has 1 saturated heterocycles. The van der Waals surface area contributed by atoms with Gasteiger partial charge in [0.15, 0.2) is 11.4 Å². The van der Waals surface area contributed by atoms with E-state index in [1.54, 1.807) is 0 Å². The van der Waals surface area contributed by atoms with Gasteiger partial charge >= 0.3 is 5.97 Å². The smallest absolute Gasteiger partial charge is 0.308 e. The Morgan fingerprint density at radius 2 is 1.82 bits per heavy atom. The van der Waals surface area contributed by atoms with Gasteiger partial charge in [0.2, 0.25) is 0 Å². The summed E-state index contributed by atoms with van der Waals surface area (Å²) in [7, 11) is 0. The predicted octanol–water partition coefficient (Wildman–Crippen LogP) is 1.48. The van der Waals surface area contributed by atoms with Gasteiger partial charge in [-0.05, 0) is 30.5 Å². The highest BCUT2D eigenvalue weighted by molar-refractivity contribution is 6.04. The number of carboxylic acids is 1. The number of hydrogen-bond donors (Lipinski definition) is 2. The maximum absolute atomic E-state index is 13.0. The molecule has 8 nitrogen and oxygen atoms in total. The Balaban J connectivity index is 1.72. The molecular formula is C19H19FN4O4. The first-order valence-corrected chi connectivity index (χ1v) is 8.81. The van der Waals surface area contributed by atoms with Crippen molar-refractivity contribution in [1.82, 2.24) is 20.2 Å². The largest absolute Gasteiger partial charge is 0.481 e. The average molecular weight is 386 g/mol. The number of carboxylic acid groups (broad SMARTS) is 1. The van der Waals surface area contributed by atoms with Crippen LogP contribution in [-0.4, -0.2) is 50.8 Å². The second-order valence-electron chi connectivity index (χ2n) is 6.49. The van der Waals surface area contributed by atoms with Crippen molar-refractivity contribution in [3.63, 3.8) is 0 Å². The molecule has 2 aromatic rings. The van der Waals surface area contributed by atoms with Gasteiger partial charge in [-0.15, -0.1) is 0 Å². The van der Waals surface area contributed by atoms with E-state index in [0.29, 0.717) is 24.9 Å². The Morgan fingerprint density at radius 1 is 1.14 bits per heavy atom. The number of carbonyl (C=O) groups excluding carboxylic acids is 2. The summed E-state index contributed by atoms with van der Waals surface area (Å²) >= 11 is 0. The minimum absolute atomic E-state index is 0.0708. The number of hydrogen-bond acceptors (Lipinski definition) is 5. The van der Waals surface area contributed by atoms with Crippen LogP contribution in [0.2, 0.25) is 0 Å². The SMILES string of the molecule is O=C(NCc1ccc(F)cc1)c1nccnc1C(=O)N1CCCC(C(=O)O)C1. The average Bonchev–Trinajstić information content (AvgIpc) is 2.72. The van der Waals surface area contributed by atoms with Crippen LogP contribution in [0, 0.1) is 11.7 Å². The third-order valence-electron chi connectivity index (χ3n) is 4.54. The first-order chi connectivity index (χ1) is 13.5. The molecule has 0 bridgehead atoms. The molecule has 1 aliphatic rings. The van der Waals surface area contributed by atoms with Gasteiger partial charge in [-0.3, -0.25) is 14.4 Å². The number of nitrogens with zero attached hydrogens (tertiary/aromatic N) is 3. The number of halogens is 1. The molecule has 1 aliphatic heterocycles. The number of aromatic nitrogens is 2. The molecule has 2 amide bonds. The third kappa shape index (κ3) is 4.48. The van der Waals surface area contributed by atoms with Gasteiger partial charge in [-0.25, -0.2) is 14.4 Å². The molecule has 3 rings (SSSR count). The fraction of sp³-hybridized carbons (Fsp3) is 0.316. The van der Waals surface area contributed by atoms with Gasteiger partial charge in [0.25, 0.3) is 11.8 Å². The molecule has 146 valence electrons. The summed E-state index contributed by atoms with van der Waals surface area (Å²) in [5.74, 6) is -3.07. The molecule has 1 aromatic heterocycles. The molecule has 1 atom stereocenters. The zero-order valence-electron chi connectivity index (χ0n) is 15.0. The Kier molecular flexibility index (Phi) is 5.93. The van der Waals surface area contributed by atoms with E-state index in [1.165, 1.54) is 41.6 Å². The number of amides is 2. The lowest BCUT2D eigenvalue weighted by atomic mass is 9.98. The molecule has 2 N–H and O–H groups in total. The van der Waals surface area contributed by atoms with Crippen molar-refractivity contribution >= 4 is 17.8 Å². The van der Waals surface area contributed by atoms with Crippen LogP contribution in [0.1, 0.15) is 39.4 Å². The molecule has 1 aromatic carbocycles. The van der Waals surface area contributed by atoms with E-state index in [1.807, 2.05) is 0 Å². The Morgan fingerprint density at radius 3 is 2.50 bits per heavy atom. The maximum Gasteiger partial charge on any atom is 0.308 e. The van der Waals surface area contributed by atoms with E-state index in [0.717, 1.165) is 0 Å². The van der Waals surface area contributed by atoms with Gasteiger partial charge in [-0.1, -0.05) is 12.1 Å². The van der Waals surface area contributed by atoms with Crippen molar-refractivity contribution in [2.75, 3.05) is 13.1 Å². The molecule has 1 unspecified atom stereocenters. The summed E-state index contributed by atoms with van der Waals surface area (Å²) in [6.07, 6.45) is 3.68. The number of aliphatic carboxylic acids is 1. The molecule has 2 heterocycles. The third-order valence-corrected chi connectivity index (χ3v) is 4.54. The van der Waals surface area contributed by atoms with Crippen molar-refractivity contribution in [3.05, 3.63) is 59.4 Å². The van der Waals surface area contributed by atoms with Crippen molar-refractivity contribution in [2.24, 2.45) is 5.92 Å². The van der Waals surface area contributed by atoms with Gasteiger partial charge in [0.1, 0.15) is 5.82 Å². The van der Waals surface area contributed by atoms with Crippen LogP contribution in [0.15, 0.2) is 36.7 Å². The number of benzene rings is 1. The van der Waals surface area contributed by atoms with Crippen molar-refractivity contribution in [1.29, 1.82) is 0 Å². The minimum atomic E-state index is -0.950. The molecule has 0 radical (unpaired) electrons. The van der Waals surface area contributed by atoms with Crippen LogP contribution in [0.25, 0.3) is 0 Å². The fourth-order valence-corrected chi connectivity index (χ4v) is 3.04. The maximum atomic E-state index is 13.0. The second-order valence-corrected chi connectivity index (χ2v) is 6.49. The van der Waals surface area contributed by atoms with Gasteiger partial charge in [-0.2, -0.15) is 0 Å². The first kappa shape index (κ1) is 19.4. The Hall–Kier alpha value is -3.36. The lowest BCUT2D eigenvalue weighted by molar-refractivity contribution is -0.143. The Bertz CT molecular complexity index is 888. The van der Waals surface area contributed by atoms with Crippen molar-refractivity contribution < 1.29 is 23.9 Å². The zero-order valence-corrected chi connectivity index (χ0v) is 15.0. The van der Waals surface area contributed by atoms with Crippen LogP contribution < -0.4 is 5.32 Å². The number of likely N-dealkylation sites (tertiary alicyclic amines) is 1. The highest BCUT2D eigenvalue weighted by atomic mass is 19.1. The number of rotatable bonds is 5. The summed E-state index contributed by atoms with van der Waals surface area (Å²) < 4.78 is 13.0. The van der Waals surface area contributed by atoms with E-state index < -0.39 is 23.7 Å². The van der Waals surface area contributed by atoms with E-state index in [4.69, 9.17) is 0 Å². The zero-order chi connectivity index (χ0) is 20.1. The predicted molar refractivity (Wildman–Crippen MR) is 95.9 cm³/mol. The monoisotopic (exact) mass is 386 g/mol. The van der Waals surface area contributed by atoms with E-state index >= 15 is 0 Å². The van der Waals surface area contributed by atoms with Crippen LogP contribution in [0.4, 0.5) is 4.39 Å². The molecular weight excluding hydrogens is 367 g/mol. The quantitative estimate of drug-likeness (QED) is 0.805. The van der Waals surface area contributed by atoms with Crippen LogP contribution >= 0.6 is 0 Å². The number of nitrogens with one attached hydrogen (secondary N) is 1. The highest BCUT2D eigenvalue weighted by Crippen LogP contribution is 2.19. The summed E-state index contributed by atoms with van der Waals surface area (Å²) in [6, 6.07) is 5.65. The van der Waals surface area contributed by atoms with Crippen LogP contribution in [0.3, 0.4) is 0 Å². The highest BCUT2D eigenvalue weighted by Gasteiger charge is 2.31. The molecule has 9 heteroatoms. The normalized spacial score (nSPS) is 16.5. The summed E-state index contributed by atoms with van der Waals surface area (Å²) in [4.78, 5) is 45.9. The van der Waals surface area contributed by atoms with E-state index in [9.17, 15) is 23.9 Å². The van der Waals surface area contributed by atoms with Crippen molar-refractivity contribution in [3.8, 4) is 0 Å². The van der Waals surface area contributed by atoms with E-state index in [-0.39, 0.29) is 30.3 Å². The molecule has 0 aliphatic carbocycles. The molecule has 0 spiro atoms. The minimum Gasteiger partial charge on any atom is -0.481 e. The Labute approximate surface area is 160 Å². The van der Waals surface area contributed by atoms with E-state index in [2.05, 4.69) is 15.3 Å².